The van der Waals surface area contributed by atoms with Gasteiger partial charge in [0.1, 0.15) is 0 Å². The van der Waals surface area contributed by atoms with E-state index in [1.54, 1.807) is 13.8 Å². The average molecular weight is 248 g/mol. The van der Waals surface area contributed by atoms with Gasteiger partial charge >= 0.3 is 0 Å². The van der Waals surface area contributed by atoms with Gasteiger partial charge in [0, 0.05) is 25.6 Å². The predicted molar refractivity (Wildman–Crippen MR) is 63.0 cm³/mol. The minimum atomic E-state index is -2.95. The maximum atomic E-state index is 11.5. The zero-order valence-corrected chi connectivity index (χ0v) is 10.6. The molecule has 1 rings (SSSR count). The normalized spacial score (nSPS) is 21.4. The minimum Gasteiger partial charge on any atom is -0.352 e. The Hall–Kier alpha value is -0.620. The molecule has 16 heavy (non-hydrogen) atoms. The molecule has 1 atom stereocenters. The van der Waals surface area contributed by atoms with Crippen LogP contribution >= 0.6 is 0 Å². The van der Waals surface area contributed by atoms with Crippen LogP contribution < -0.4 is 10.6 Å². The van der Waals surface area contributed by atoms with Crippen LogP contribution in [-0.4, -0.2) is 44.5 Å². The molecule has 0 aromatic heterocycles. The minimum absolute atomic E-state index is 0.0848. The molecule has 1 heterocycles. The number of hydrogen-bond donors (Lipinski definition) is 2. The van der Waals surface area contributed by atoms with Gasteiger partial charge in [-0.05, 0) is 20.3 Å². The summed E-state index contributed by atoms with van der Waals surface area (Å²) < 4.78 is 22.9. The molecule has 5 nitrogen and oxygen atoms in total. The topological polar surface area (TPSA) is 75.3 Å². The molecule has 1 aliphatic rings. The Morgan fingerprint density at radius 1 is 1.50 bits per heavy atom. The fraction of sp³-hybridized carbons (Fsp3) is 0.900. The third-order valence-corrected chi connectivity index (χ3v) is 4.97. The average Bonchev–Trinajstić information content (AvgIpc) is 2.59. The van der Waals surface area contributed by atoms with Gasteiger partial charge in [0.15, 0.2) is 9.84 Å². The van der Waals surface area contributed by atoms with Crippen molar-refractivity contribution >= 4 is 15.7 Å². The smallest absolute Gasteiger partial charge is 0.220 e. The highest BCUT2D eigenvalue weighted by Crippen LogP contribution is 2.05. The molecule has 0 radical (unpaired) electrons. The molecule has 0 aromatic rings. The maximum Gasteiger partial charge on any atom is 0.220 e. The molecule has 6 heteroatoms. The Labute approximate surface area is 96.9 Å². The molecule has 2 N–H and O–H groups in total. The molecule has 0 spiro atoms. The lowest BCUT2D eigenvalue weighted by Gasteiger charge is -2.12. The first-order chi connectivity index (χ1) is 7.42. The molecule has 1 fully saturated rings. The number of nitrogens with one attached hydrogen (secondary N) is 2. The molecule has 94 valence electrons. The van der Waals surface area contributed by atoms with Crippen LogP contribution in [0, 0.1) is 0 Å². The van der Waals surface area contributed by atoms with Gasteiger partial charge in [-0.2, -0.15) is 0 Å². The molecule has 0 aliphatic carbocycles. The van der Waals surface area contributed by atoms with Crippen LogP contribution in [0.4, 0.5) is 0 Å². The van der Waals surface area contributed by atoms with E-state index in [1.165, 1.54) is 0 Å². The van der Waals surface area contributed by atoms with Crippen LogP contribution in [0.5, 0.6) is 0 Å². The van der Waals surface area contributed by atoms with E-state index < -0.39 is 9.84 Å². The van der Waals surface area contributed by atoms with Gasteiger partial charge in [-0.25, -0.2) is 8.42 Å². The molecular weight excluding hydrogens is 228 g/mol. The van der Waals surface area contributed by atoms with Gasteiger partial charge in [-0.3, -0.25) is 4.79 Å². The molecule has 1 amide bonds. The number of carbonyl (C=O) groups excluding carboxylic acids is 1. The van der Waals surface area contributed by atoms with Crippen molar-refractivity contribution < 1.29 is 13.2 Å². The zero-order chi connectivity index (χ0) is 12.2. The van der Waals surface area contributed by atoms with E-state index in [0.29, 0.717) is 19.5 Å². The van der Waals surface area contributed by atoms with Crippen molar-refractivity contribution in [3.05, 3.63) is 0 Å². The lowest BCUT2D eigenvalue weighted by molar-refractivity contribution is -0.119. The van der Waals surface area contributed by atoms with Crippen LogP contribution in [0.3, 0.4) is 0 Å². The molecule has 1 aliphatic heterocycles. The van der Waals surface area contributed by atoms with Crippen molar-refractivity contribution in [3.63, 3.8) is 0 Å². The monoisotopic (exact) mass is 248 g/mol. The van der Waals surface area contributed by atoms with E-state index in [4.69, 9.17) is 0 Å². The third kappa shape index (κ3) is 4.09. The highest BCUT2D eigenvalue weighted by Gasteiger charge is 2.20. The number of amides is 1. The summed E-state index contributed by atoms with van der Waals surface area (Å²) in [4.78, 5) is 10.9. The van der Waals surface area contributed by atoms with Crippen molar-refractivity contribution in [1.29, 1.82) is 0 Å². The quantitative estimate of drug-likeness (QED) is 0.632. The highest BCUT2D eigenvalue weighted by molar-refractivity contribution is 7.92. The number of sulfone groups is 1. The summed E-state index contributed by atoms with van der Waals surface area (Å²) in [5, 5.41) is 5.57. The summed E-state index contributed by atoms with van der Waals surface area (Å²) in [6.45, 7) is 4.48. The van der Waals surface area contributed by atoms with Crippen molar-refractivity contribution in [1.82, 2.24) is 10.6 Å². The number of rotatable bonds is 6. The summed E-state index contributed by atoms with van der Waals surface area (Å²) in [5.74, 6) is 0.243. The van der Waals surface area contributed by atoms with E-state index in [-0.39, 0.29) is 23.0 Å². The summed E-state index contributed by atoms with van der Waals surface area (Å²) in [6.07, 6.45) is 1.42. The van der Waals surface area contributed by atoms with Gasteiger partial charge in [-0.1, -0.05) is 0 Å². The SMILES string of the molecule is CC(C)S(=O)(=O)CCNCC1CCC(=O)N1. The lowest BCUT2D eigenvalue weighted by Crippen LogP contribution is -2.38. The summed E-state index contributed by atoms with van der Waals surface area (Å²) in [5.41, 5.74) is 0. The van der Waals surface area contributed by atoms with Gasteiger partial charge in [0.25, 0.3) is 0 Å². The standard InChI is InChI=1S/C10H20N2O3S/c1-8(2)16(14,15)6-5-11-7-9-3-4-10(13)12-9/h8-9,11H,3-7H2,1-2H3,(H,12,13). The van der Waals surface area contributed by atoms with Crippen molar-refractivity contribution in [2.75, 3.05) is 18.8 Å². The predicted octanol–water partition coefficient (Wildman–Crippen LogP) is -0.322. The van der Waals surface area contributed by atoms with Crippen LogP contribution in [-0.2, 0) is 14.6 Å². The zero-order valence-electron chi connectivity index (χ0n) is 9.82. The maximum absolute atomic E-state index is 11.5. The van der Waals surface area contributed by atoms with Crippen LogP contribution in [0.2, 0.25) is 0 Å². The number of hydrogen-bond acceptors (Lipinski definition) is 4. The third-order valence-electron chi connectivity index (χ3n) is 2.76. The summed E-state index contributed by atoms with van der Waals surface area (Å²) in [7, 11) is -2.95. The molecule has 0 aromatic carbocycles. The fourth-order valence-electron chi connectivity index (χ4n) is 1.56. The van der Waals surface area contributed by atoms with Gasteiger partial charge in [0.05, 0.1) is 11.0 Å². The van der Waals surface area contributed by atoms with E-state index >= 15 is 0 Å². The first kappa shape index (κ1) is 13.4. The van der Waals surface area contributed by atoms with E-state index in [2.05, 4.69) is 10.6 Å². The van der Waals surface area contributed by atoms with Gasteiger partial charge < -0.3 is 10.6 Å². The largest absolute Gasteiger partial charge is 0.352 e. The van der Waals surface area contributed by atoms with Crippen molar-refractivity contribution in [2.45, 2.75) is 38.0 Å². The second kappa shape index (κ2) is 5.63. The Morgan fingerprint density at radius 3 is 2.69 bits per heavy atom. The second-order valence-electron chi connectivity index (χ2n) is 4.42. The summed E-state index contributed by atoms with van der Waals surface area (Å²) in [6, 6.07) is 0.161. The molecule has 1 saturated heterocycles. The van der Waals surface area contributed by atoms with Gasteiger partial charge in [0.2, 0.25) is 5.91 Å². The Balaban J connectivity index is 2.15. The van der Waals surface area contributed by atoms with Crippen LogP contribution in [0.1, 0.15) is 26.7 Å². The van der Waals surface area contributed by atoms with Crippen molar-refractivity contribution in [2.24, 2.45) is 0 Å². The first-order valence-electron chi connectivity index (χ1n) is 5.63. The van der Waals surface area contributed by atoms with E-state index in [1.807, 2.05) is 0 Å². The second-order valence-corrected chi connectivity index (χ2v) is 7.10. The fourth-order valence-corrected chi connectivity index (χ4v) is 2.46. The summed E-state index contributed by atoms with van der Waals surface area (Å²) >= 11 is 0. The Morgan fingerprint density at radius 2 is 2.19 bits per heavy atom. The van der Waals surface area contributed by atoms with Crippen LogP contribution in [0.25, 0.3) is 0 Å². The van der Waals surface area contributed by atoms with Crippen LogP contribution in [0.15, 0.2) is 0 Å². The lowest BCUT2D eigenvalue weighted by atomic mass is 10.2. The first-order valence-corrected chi connectivity index (χ1v) is 7.35. The number of carbonyl (C=O) groups is 1. The highest BCUT2D eigenvalue weighted by atomic mass is 32.2. The van der Waals surface area contributed by atoms with E-state index in [0.717, 1.165) is 6.42 Å². The van der Waals surface area contributed by atoms with Crippen molar-refractivity contribution in [3.8, 4) is 0 Å². The molecule has 1 unspecified atom stereocenters. The van der Waals surface area contributed by atoms with E-state index in [9.17, 15) is 13.2 Å². The van der Waals surface area contributed by atoms with Gasteiger partial charge in [-0.15, -0.1) is 0 Å². The molecule has 0 bridgehead atoms. The Kier molecular flexibility index (Phi) is 4.73. The Bertz CT molecular complexity index is 338. The molecule has 0 saturated carbocycles. The molecular formula is C10H20N2O3S.